The fourth-order valence-corrected chi connectivity index (χ4v) is 6.95. The molecule has 234 valence electrons. The Morgan fingerprint density at radius 2 is 0.980 bits per heavy atom. The SMILES string of the molecule is c1ccc(-c2cc(-c3ccc(-c4ccccn4)cc3)nc(-c3ccc(-c4ccc5c(c4)oc4ccccc45)c4oc5ccccc5c34)n2)cc1. The molecule has 0 spiro atoms. The van der Waals surface area contributed by atoms with Crippen LogP contribution in [0.15, 0.2) is 173 Å². The van der Waals surface area contributed by atoms with Gasteiger partial charge in [-0.15, -0.1) is 0 Å². The Morgan fingerprint density at radius 3 is 1.74 bits per heavy atom. The molecule has 10 rings (SSSR count). The molecule has 0 N–H and O–H groups in total. The fraction of sp³-hybridized carbons (Fsp3) is 0. The van der Waals surface area contributed by atoms with E-state index < -0.39 is 0 Å². The summed E-state index contributed by atoms with van der Waals surface area (Å²) in [5.41, 5.74) is 11.9. The van der Waals surface area contributed by atoms with Crippen LogP contribution in [0.5, 0.6) is 0 Å². The number of pyridine rings is 1. The van der Waals surface area contributed by atoms with Crippen molar-refractivity contribution in [2.24, 2.45) is 0 Å². The zero-order valence-corrected chi connectivity index (χ0v) is 26.7. The molecule has 0 aliphatic heterocycles. The van der Waals surface area contributed by atoms with Crippen molar-refractivity contribution in [3.05, 3.63) is 164 Å². The van der Waals surface area contributed by atoms with E-state index in [4.69, 9.17) is 18.8 Å². The van der Waals surface area contributed by atoms with E-state index in [9.17, 15) is 0 Å². The van der Waals surface area contributed by atoms with E-state index in [2.05, 4.69) is 89.9 Å². The van der Waals surface area contributed by atoms with Crippen molar-refractivity contribution < 1.29 is 8.83 Å². The van der Waals surface area contributed by atoms with Gasteiger partial charge in [-0.2, -0.15) is 0 Å². The molecule has 10 aromatic rings. The third-order valence-corrected chi connectivity index (χ3v) is 9.39. The molecular formula is C45H27N3O2. The van der Waals surface area contributed by atoms with Crippen molar-refractivity contribution in [1.82, 2.24) is 15.0 Å². The van der Waals surface area contributed by atoms with Gasteiger partial charge < -0.3 is 8.83 Å². The van der Waals surface area contributed by atoms with Crippen LogP contribution in [0.1, 0.15) is 0 Å². The van der Waals surface area contributed by atoms with Gasteiger partial charge in [0.2, 0.25) is 0 Å². The summed E-state index contributed by atoms with van der Waals surface area (Å²) in [4.78, 5) is 14.9. The van der Waals surface area contributed by atoms with Gasteiger partial charge in [-0.25, -0.2) is 9.97 Å². The van der Waals surface area contributed by atoms with Crippen LogP contribution in [0.2, 0.25) is 0 Å². The summed E-state index contributed by atoms with van der Waals surface area (Å²) >= 11 is 0. The smallest absolute Gasteiger partial charge is 0.161 e. The number of nitrogens with zero attached hydrogens (tertiary/aromatic N) is 3. The first-order valence-corrected chi connectivity index (χ1v) is 16.6. The lowest BCUT2D eigenvalue weighted by Crippen LogP contribution is -1.97. The van der Waals surface area contributed by atoms with Crippen molar-refractivity contribution in [2.75, 3.05) is 0 Å². The van der Waals surface area contributed by atoms with Crippen LogP contribution in [0.25, 0.3) is 100 Å². The Bertz CT molecular complexity index is 2850. The van der Waals surface area contributed by atoms with Gasteiger partial charge in [-0.3, -0.25) is 4.98 Å². The van der Waals surface area contributed by atoms with E-state index in [1.54, 1.807) is 0 Å². The number of rotatable bonds is 5. The zero-order chi connectivity index (χ0) is 33.0. The van der Waals surface area contributed by atoms with E-state index in [-0.39, 0.29) is 0 Å². The van der Waals surface area contributed by atoms with Crippen molar-refractivity contribution in [2.45, 2.75) is 0 Å². The maximum absolute atomic E-state index is 6.66. The minimum atomic E-state index is 0.631. The Balaban J connectivity index is 1.17. The van der Waals surface area contributed by atoms with Crippen LogP contribution >= 0.6 is 0 Å². The van der Waals surface area contributed by atoms with E-state index in [0.29, 0.717) is 5.82 Å². The van der Waals surface area contributed by atoms with E-state index in [1.165, 1.54) is 0 Å². The largest absolute Gasteiger partial charge is 0.456 e. The van der Waals surface area contributed by atoms with Crippen molar-refractivity contribution >= 4 is 43.9 Å². The molecule has 0 unspecified atom stereocenters. The molecule has 4 heterocycles. The van der Waals surface area contributed by atoms with Gasteiger partial charge in [0.25, 0.3) is 0 Å². The molecule has 0 atom stereocenters. The third kappa shape index (κ3) is 4.67. The first kappa shape index (κ1) is 28.2. The molecule has 0 bridgehead atoms. The van der Waals surface area contributed by atoms with Gasteiger partial charge in [0, 0.05) is 55.6 Å². The molecule has 0 fully saturated rings. The van der Waals surface area contributed by atoms with Crippen molar-refractivity contribution in [3.63, 3.8) is 0 Å². The average molecular weight is 642 g/mol. The molecule has 0 saturated carbocycles. The van der Waals surface area contributed by atoms with Crippen LogP contribution in [0, 0.1) is 0 Å². The molecule has 0 aliphatic carbocycles. The zero-order valence-electron chi connectivity index (χ0n) is 26.7. The van der Waals surface area contributed by atoms with Gasteiger partial charge >= 0.3 is 0 Å². The van der Waals surface area contributed by atoms with Gasteiger partial charge in [-0.1, -0.05) is 103 Å². The third-order valence-electron chi connectivity index (χ3n) is 9.39. The van der Waals surface area contributed by atoms with Crippen LogP contribution in [-0.2, 0) is 0 Å². The summed E-state index contributed by atoms with van der Waals surface area (Å²) in [7, 11) is 0. The summed E-state index contributed by atoms with van der Waals surface area (Å²) in [5.74, 6) is 0.631. The second-order valence-electron chi connectivity index (χ2n) is 12.4. The fourth-order valence-electron chi connectivity index (χ4n) is 6.95. The number of fused-ring (bicyclic) bond motifs is 6. The number of hydrogen-bond acceptors (Lipinski definition) is 5. The van der Waals surface area contributed by atoms with Crippen LogP contribution in [0.3, 0.4) is 0 Å². The van der Waals surface area contributed by atoms with Gasteiger partial charge in [-0.05, 0) is 60.2 Å². The summed E-state index contributed by atoms with van der Waals surface area (Å²) in [6.07, 6.45) is 1.81. The maximum Gasteiger partial charge on any atom is 0.161 e. The maximum atomic E-state index is 6.66. The molecule has 0 aliphatic rings. The first-order valence-electron chi connectivity index (χ1n) is 16.6. The van der Waals surface area contributed by atoms with E-state index >= 15 is 0 Å². The highest BCUT2D eigenvalue weighted by molar-refractivity contribution is 6.16. The van der Waals surface area contributed by atoms with E-state index in [0.717, 1.165) is 94.3 Å². The number of aromatic nitrogens is 3. The lowest BCUT2D eigenvalue weighted by molar-refractivity contribution is 0.668. The highest BCUT2D eigenvalue weighted by atomic mass is 16.3. The predicted molar refractivity (Wildman–Crippen MR) is 202 cm³/mol. The van der Waals surface area contributed by atoms with Crippen molar-refractivity contribution in [1.29, 1.82) is 0 Å². The second-order valence-corrected chi connectivity index (χ2v) is 12.4. The Morgan fingerprint density at radius 1 is 0.380 bits per heavy atom. The average Bonchev–Trinajstić information content (AvgIpc) is 3.77. The van der Waals surface area contributed by atoms with Crippen LogP contribution < -0.4 is 0 Å². The minimum Gasteiger partial charge on any atom is -0.456 e. The molecule has 0 saturated heterocycles. The highest BCUT2D eigenvalue weighted by Gasteiger charge is 2.21. The molecule has 5 nitrogen and oxygen atoms in total. The molecule has 5 heteroatoms. The Labute approximate surface area is 287 Å². The number of benzene rings is 6. The molecular weight excluding hydrogens is 615 g/mol. The van der Waals surface area contributed by atoms with Crippen molar-refractivity contribution in [3.8, 4) is 56.3 Å². The van der Waals surface area contributed by atoms with E-state index in [1.807, 2.05) is 79.0 Å². The summed E-state index contributed by atoms with van der Waals surface area (Å²) in [6.45, 7) is 0. The number of furan rings is 2. The van der Waals surface area contributed by atoms with Crippen LogP contribution in [0.4, 0.5) is 0 Å². The molecule has 0 amide bonds. The van der Waals surface area contributed by atoms with Gasteiger partial charge in [0.15, 0.2) is 5.82 Å². The normalized spacial score (nSPS) is 11.6. The molecule has 6 aromatic carbocycles. The minimum absolute atomic E-state index is 0.631. The highest BCUT2D eigenvalue weighted by Crippen LogP contribution is 2.43. The molecule has 4 aromatic heterocycles. The first-order chi connectivity index (χ1) is 24.8. The molecule has 50 heavy (non-hydrogen) atoms. The molecule has 0 radical (unpaired) electrons. The second kappa shape index (κ2) is 11.4. The van der Waals surface area contributed by atoms with Gasteiger partial charge in [0.1, 0.15) is 22.3 Å². The summed E-state index contributed by atoms with van der Waals surface area (Å²) in [5, 5.41) is 4.19. The topological polar surface area (TPSA) is 65.0 Å². The standard InChI is InChI=1S/C45H27N3O2/c1-2-10-28(11-3-1)38-27-39(30-19-17-29(18-20-30)37-14-8-9-25-46-37)48-45(47-38)36-24-23-32(44-43(36)35-13-5-7-16-41(35)50-44)31-21-22-34-33-12-4-6-15-40(33)49-42(34)26-31/h1-27H. The quantitative estimate of drug-likeness (QED) is 0.187. The Hall–Kier alpha value is -6.85. The predicted octanol–water partition coefficient (Wildman–Crippen LogP) is 12.0. The lowest BCUT2D eigenvalue weighted by Gasteiger charge is -2.12. The van der Waals surface area contributed by atoms with Crippen LogP contribution in [-0.4, -0.2) is 15.0 Å². The lowest BCUT2D eigenvalue weighted by atomic mass is 9.97. The number of hydrogen-bond donors (Lipinski definition) is 0. The Kier molecular flexibility index (Phi) is 6.42. The monoisotopic (exact) mass is 641 g/mol. The summed E-state index contributed by atoms with van der Waals surface area (Å²) < 4.78 is 12.9. The number of para-hydroxylation sites is 2. The van der Waals surface area contributed by atoms with Gasteiger partial charge in [0.05, 0.1) is 17.1 Å². The summed E-state index contributed by atoms with van der Waals surface area (Å²) in [6, 6.07) is 53.6.